The topological polar surface area (TPSA) is 99.7 Å². The second kappa shape index (κ2) is 7.38. The highest BCUT2D eigenvalue weighted by atomic mass is 17.1. The largest absolute Gasteiger partial charge is 0.326 e. The van der Waals surface area contributed by atoms with Gasteiger partial charge in [-0.1, -0.05) is 12.1 Å². The van der Waals surface area contributed by atoms with Crippen molar-refractivity contribution in [1.82, 2.24) is 10.9 Å². The van der Waals surface area contributed by atoms with Gasteiger partial charge in [0.2, 0.25) is 11.8 Å². The molecule has 0 spiro atoms. The van der Waals surface area contributed by atoms with Gasteiger partial charge >= 0.3 is 0 Å². The number of benzene rings is 1. The molecule has 0 radical (unpaired) electrons. The van der Waals surface area contributed by atoms with Crippen LogP contribution in [0.4, 0.5) is 5.69 Å². The van der Waals surface area contributed by atoms with E-state index < -0.39 is 11.8 Å². The molecule has 1 aromatic rings. The molecule has 0 atom stereocenters. The lowest BCUT2D eigenvalue weighted by molar-refractivity contribution is -0.253. The maximum Gasteiger partial charge on any atom is 0.243 e. The molecule has 0 aliphatic heterocycles. The van der Waals surface area contributed by atoms with Gasteiger partial charge in [0.05, 0.1) is 0 Å². The molecule has 98 valence electrons. The number of rotatable bonds is 6. The van der Waals surface area contributed by atoms with Gasteiger partial charge in [0.15, 0.2) is 0 Å². The van der Waals surface area contributed by atoms with E-state index in [0.717, 1.165) is 5.56 Å². The lowest BCUT2D eigenvalue weighted by Crippen LogP contribution is -2.36. The Morgan fingerprint density at radius 3 is 2.44 bits per heavy atom. The summed E-state index contributed by atoms with van der Waals surface area (Å²) in [5, 5.41) is 10.8. The smallest absolute Gasteiger partial charge is 0.243 e. The molecule has 0 fully saturated rings. The minimum absolute atomic E-state index is 0.0821. The first-order valence-corrected chi connectivity index (χ1v) is 5.26. The molecule has 2 amide bonds. The van der Waals surface area contributed by atoms with Crippen molar-refractivity contribution in [3.63, 3.8) is 0 Å². The molecule has 4 N–H and O–H groups in total. The normalized spacial score (nSPS) is 9.89. The molecule has 0 aromatic heterocycles. The van der Waals surface area contributed by atoms with Crippen LogP contribution < -0.4 is 16.2 Å². The van der Waals surface area contributed by atoms with Crippen molar-refractivity contribution in [3.8, 4) is 0 Å². The van der Waals surface area contributed by atoms with Crippen LogP contribution >= 0.6 is 0 Å². The molecule has 0 bridgehead atoms. The summed E-state index contributed by atoms with van der Waals surface area (Å²) in [4.78, 5) is 26.5. The quantitative estimate of drug-likeness (QED) is 0.331. The van der Waals surface area contributed by atoms with E-state index in [1.165, 1.54) is 7.05 Å². The van der Waals surface area contributed by atoms with Crippen molar-refractivity contribution in [3.05, 3.63) is 29.8 Å². The number of hydrogen-bond acceptors (Lipinski definition) is 5. The van der Waals surface area contributed by atoms with Crippen LogP contribution in [0.2, 0.25) is 0 Å². The van der Waals surface area contributed by atoms with Crippen LogP contribution in [0.25, 0.3) is 0 Å². The monoisotopic (exact) mass is 253 g/mol. The first-order chi connectivity index (χ1) is 8.65. The van der Waals surface area contributed by atoms with Gasteiger partial charge in [-0.05, 0) is 17.7 Å². The highest BCUT2D eigenvalue weighted by molar-refractivity contribution is 6.03. The summed E-state index contributed by atoms with van der Waals surface area (Å²) in [5.74, 6) is -0.825. The molecule has 7 heteroatoms. The maximum atomic E-state index is 11.4. The Kier molecular flexibility index (Phi) is 5.78. The first kappa shape index (κ1) is 14.1. The van der Waals surface area contributed by atoms with Crippen LogP contribution in [0.5, 0.6) is 0 Å². The standard InChI is InChI=1S/C11H15N3O4/c1-12-14-11(16)6-10(15)13-9-4-2-8(3-5-9)7-18-17/h2-5,12,17H,6-7H2,1H3,(H,13,15)(H,14,16). The van der Waals surface area contributed by atoms with E-state index in [2.05, 4.69) is 21.1 Å². The van der Waals surface area contributed by atoms with Crippen molar-refractivity contribution in [2.45, 2.75) is 13.0 Å². The van der Waals surface area contributed by atoms with Crippen LogP contribution in [-0.4, -0.2) is 24.1 Å². The van der Waals surface area contributed by atoms with Crippen LogP contribution in [-0.2, 0) is 21.1 Å². The van der Waals surface area contributed by atoms with Gasteiger partial charge in [-0.15, -0.1) is 0 Å². The molecule has 0 heterocycles. The summed E-state index contributed by atoms with van der Waals surface area (Å²) >= 11 is 0. The number of carbonyl (C=O) groups is 2. The zero-order valence-electron chi connectivity index (χ0n) is 9.90. The van der Waals surface area contributed by atoms with E-state index in [4.69, 9.17) is 5.26 Å². The molecule has 0 aliphatic carbocycles. The Labute approximate surface area is 104 Å². The minimum Gasteiger partial charge on any atom is -0.326 e. The SMILES string of the molecule is CNNC(=O)CC(=O)Nc1ccc(COO)cc1. The van der Waals surface area contributed by atoms with Gasteiger partial charge in [-0.25, -0.2) is 10.3 Å². The molecule has 1 rings (SSSR count). The number of hydrogen-bond donors (Lipinski definition) is 4. The fourth-order valence-electron chi connectivity index (χ4n) is 1.29. The summed E-state index contributed by atoms with van der Waals surface area (Å²) in [6.07, 6.45) is -0.262. The van der Waals surface area contributed by atoms with Crippen molar-refractivity contribution in [2.75, 3.05) is 12.4 Å². The third-order valence-electron chi connectivity index (χ3n) is 2.05. The molecule has 7 nitrogen and oxygen atoms in total. The molecule has 18 heavy (non-hydrogen) atoms. The van der Waals surface area contributed by atoms with Crippen LogP contribution in [0, 0.1) is 0 Å². The maximum absolute atomic E-state index is 11.4. The number of amides is 2. The zero-order chi connectivity index (χ0) is 13.4. The molecular weight excluding hydrogens is 238 g/mol. The van der Waals surface area contributed by atoms with Gasteiger partial charge < -0.3 is 5.32 Å². The summed E-state index contributed by atoms with van der Waals surface area (Å²) in [6.45, 7) is 0.0821. The van der Waals surface area contributed by atoms with Gasteiger partial charge in [0, 0.05) is 12.7 Å². The van der Waals surface area contributed by atoms with E-state index in [0.29, 0.717) is 5.69 Å². The third kappa shape index (κ3) is 4.91. The van der Waals surface area contributed by atoms with E-state index in [9.17, 15) is 9.59 Å². The average molecular weight is 253 g/mol. The van der Waals surface area contributed by atoms with E-state index in [-0.39, 0.29) is 13.0 Å². The lowest BCUT2D eigenvalue weighted by atomic mass is 10.2. The van der Waals surface area contributed by atoms with Crippen molar-refractivity contribution < 1.29 is 19.7 Å². The Morgan fingerprint density at radius 2 is 1.89 bits per heavy atom. The van der Waals surface area contributed by atoms with Gasteiger partial charge in [-0.3, -0.25) is 20.3 Å². The molecular formula is C11H15N3O4. The fourth-order valence-corrected chi connectivity index (χ4v) is 1.29. The van der Waals surface area contributed by atoms with Gasteiger partial charge in [-0.2, -0.15) is 0 Å². The lowest BCUT2D eigenvalue weighted by Gasteiger charge is -2.06. The predicted molar refractivity (Wildman–Crippen MR) is 64.3 cm³/mol. The molecule has 1 aromatic carbocycles. The summed E-state index contributed by atoms with van der Waals surface area (Å²) in [5.41, 5.74) is 6.07. The van der Waals surface area contributed by atoms with Gasteiger partial charge in [0.1, 0.15) is 13.0 Å². The first-order valence-electron chi connectivity index (χ1n) is 5.26. The highest BCUT2D eigenvalue weighted by Crippen LogP contribution is 2.10. The van der Waals surface area contributed by atoms with E-state index >= 15 is 0 Å². The van der Waals surface area contributed by atoms with Crippen molar-refractivity contribution in [1.29, 1.82) is 0 Å². The number of carbonyl (C=O) groups excluding carboxylic acids is 2. The summed E-state index contributed by atoms with van der Waals surface area (Å²) < 4.78 is 0. The van der Waals surface area contributed by atoms with Crippen LogP contribution in [0.15, 0.2) is 24.3 Å². The fraction of sp³-hybridized carbons (Fsp3) is 0.273. The molecule has 0 saturated heterocycles. The Hall–Kier alpha value is -1.96. The Balaban J connectivity index is 2.46. The minimum atomic E-state index is -0.416. The summed E-state index contributed by atoms with van der Waals surface area (Å²) in [6, 6.07) is 6.70. The van der Waals surface area contributed by atoms with Crippen molar-refractivity contribution in [2.24, 2.45) is 0 Å². The average Bonchev–Trinajstić information content (AvgIpc) is 2.32. The summed E-state index contributed by atoms with van der Waals surface area (Å²) in [7, 11) is 1.54. The van der Waals surface area contributed by atoms with Gasteiger partial charge in [0.25, 0.3) is 0 Å². The number of hydrazine groups is 1. The van der Waals surface area contributed by atoms with E-state index in [1.54, 1.807) is 24.3 Å². The number of anilines is 1. The molecule has 0 saturated carbocycles. The zero-order valence-corrected chi connectivity index (χ0v) is 9.90. The second-order valence-corrected chi connectivity index (χ2v) is 3.49. The highest BCUT2D eigenvalue weighted by Gasteiger charge is 2.08. The second-order valence-electron chi connectivity index (χ2n) is 3.49. The van der Waals surface area contributed by atoms with E-state index in [1.807, 2.05) is 0 Å². The van der Waals surface area contributed by atoms with Crippen molar-refractivity contribution >= 4 is 17.5 Å². The molecule has 0 unspecified atom stereocenters. The van der Waals surface area contributed by atoms with Crippen LogP contribution in [0.3, 0.4) is 0 Å². The third-order valence-corrected chi connectivity index (χ3v) is 2.05. The Morgan fingerprint density at radius 1 is 1.22 bits per heavy atom. The molecule has 0 aliphatic rings. The Bertz CT molecular complexity index is 405. The predicted octanol–water partition coefficient (Wildman–Crippen LogP) is 0.255. The van der Waals surface area contributed by atoms with Crippen LogP contribution in [0.1, 0.15) is 12.0 Å². The number of nitrogens with one attached hydrogen (secondary N) is 3.